The maximum Gasteiger partial charge on any atom is 0.0341 e. The Kier molecular flexibility index (Phi) is 3.36. The number of hydrogen-bond acceptors (Lipinski definition) is 3. The minimum Gasteiger partial charge on any atom is -0.768 e. The zero-order chi connectivity index (χ0) is 8.27. The third-order valence-corrected chi connectivity index (χ3v) is 3.17. The molecule has 0 fully saturated rings. The van der Waals surface area contributed by atoms with Crippen molar-refractivity contribution in [2.45, 2.75) is 12.8 Å². The highest BCUT2D eigenvalue weighted by Gasteiger charge is 2.07. The lowest BCUT2D eigenvalue weighted by Crippen LogP contribution is -1.98. The van der Waals surface area contributed by atoms with Crippen molar-refractivity contribution in [1.82, 2.24) is 0 Å². The van der Waals surface area contributed by atoms with Crippen molar-refractivity contribution in [2.24, 2.45) is 0 Å². The monoisotopic (exact) mass is 189 g/mol. The van der Waals surface area contributed by atoms with E-state index in [0.717, 1.165) is 17.7 Å². The summed E-state index contributed by atoms with van der Waals surface area (Å²) in [6, 6.07) is 0. The zero-order valence-electron chi connectivity index (χ0n) is 6.20. The van der Waals surface area contributed by atoms with Crippen LogP contribution in [0.25, 0.3) is 0 Å². The molecule has 4 heteroatoms. The summed E-state index contributed by atoms with van der Waals surface area (Å²) in [5.41, 5.74) is 0. The van der Waals surface area contributed by atoms with Crippen LogP contribution in [-0.2, 0) is 11.1 Å². The molecule has 0 aromatic carbocycles. The quantitative estimate of drug-likeness (QED) is 0.622. The lowest BCUT2D eigenvalue weighted by molar-refractivity contribution is 0.544. The van der Waals surface area contributed by atoms with E-state index in [2.05, 4.69) is 0 Å². The van der Waals surface area contributed by atoms with Crippen LogP contribution in [0.2, 0.25) is 0 Å². The van der Waals surface area contributed by atoms with Gasteiger partial charge < -0.3 is 4.55 Å². The summed E-state index contributed by atoms with van der Waals surface area (Å²) in [5, 5.41) is 0. The molecule has 1 aliphatic carbocycles. The van der Waals surface area contributed by atoms with Gasteiger partial charge in [-0.1, -0.05) is 12.2 Å². The highest BCUT2D eigenvalue weighted by atomic mass is 32.2. The highest BCUT2D eigenvalue weighted by molar-refractivity contribution is 8.03. The van der Waals surface area contributed by atoms with Gasteiger partial charge in [0, 0.05) is 9.81 Å². The van der Waals surface area contributed by atoms with Gasteiger partial charge in [-0.2, -0.15) is 0 Å². The van der Waals surface area contributed by atoms with Crippen LogP contribution in [0.1, 0.15) is 12.8 Å². The average molecular weight is 189 g/mol. The normalized spacial score (nSPS) is 20.5. The van der Waals surface area contributed by atoms with Crippen LogP contribution in [0, 0.1) is 0 Å². The van der Waals surface area contributed by atoms with Gasteiger partial charge >= 0.3 is 0 Å². The Bertz CT molecular complexity index is 231. The summed E-state index contributed by atoms with van der Waals surface area (Å²) >= 11 is -0.578. The predicted molar refractivity (Wildman–Crippen MR) is 47.8 cm³/mol. The Morgan fingerprint density at radius 2 is 2.18 bits per heavy atom. The van der Waals surface area contributed by atoms with Gasteiger partial charge in [0.15, 0.2) is 0 Å². The lowest BCUT2D eigenvalue weighted by atomic mass is 10.2. The molecule has 0 radical (unpaired) electrons. The lowest BCUT2D eigenvalue weighted by Gasteiger charge is -2.15. The molecule has 0 saturated carbocycles. The van der Waals surface area contributed by atoms with Crippen molar-refractivity contribution >= 4 is 22.8 Å². The van der Waals surface area contributed by atoms with Crippen LogP contribution < -0.4 is 0 Å². The second-order valence-corrected chi connectivity index (χ2v) is 3.91. The Balaban J connectivity index is 2.83. The summed E-state index contributed by atoms with van der Waals surface area (Å²) in [6.07, 6.45) is 7.42. The standard InChI is InChI=1S/C7H10O2S2/c1-10-6-4-2-3-5-7(6)11(8)9/h4-5H,2-3H2,1H3,(H,8,9)/p-1. The first-order valence-corrected chi connectivity index (χ1v) is 5.59. The highest BCUT2D eigenvalue weighted by Crippen LogP contribution is 2.28. The van der Waals surface area contributed by atoms with Gasteiger partial charge in [-0.15, -0.1) is 11.8 Å². The second kappa shape index (κ2) is 4.09. The van der Waals surface area contributed by atoms with Crippen molar-refractivity contribution in [2.75, 3.05) is 6.26 Å². The summed E-state index contributed by atoms with van der Waals surface area (Å²) in [7, 11) is 0. The molecule has 2 nitrogen and oxygen atoms in total. The molecule has 0 aliphatic heterocycles. The molecule has 62 valence electrons. The first-order chi connectivity index (χ1) is 5.25. The van der Waals surface area contributed by atoms with Crippen molar-refractivity contribution in [3.05, 3.63) is 22.0 Å². The zero-order valence-corrected chi connectivity index (χ0v) is 7.83. The van der Waals surface area contributed by atoms with E-state index in [1.54, 1.807) is 6.08 Å². The molecule has 1 unspecified atom stereocenters. The predicted octanol–water partition coefficient (Wildman–Crippen LogP) is 1.79. The molecule has 1 atom stereocenters. The molecule has 0 aromatic heterocycles. The molecule has 0 saturated heterocycles. The van der Waals surface area contributed by atoms with E-state index >= 15 is 0 Å². The van der Waals surface area contributed by atoms with Gasteiger partial charge in [-0.25, -0.2) is 0 Å². The summed E-state index contributed by atoms with van der Waals surface area (Å²) in [6.45, 7) is 0. The molecule has 0 bridgehead atoms. The fourth-order valence-corrected chi connectivity index (χ4v) is 2.49. The maximum absolute atomic E-state index is 10.6. The fourth-order valence-electron chi connectivity index (χ4n) is 0.964. The molecule has 1 aliphatic rings. The SMILES string of the molecule is CSC1=CCCC=C1S(=O)[O-]. The van der Waals surface area contributed by atoms with Crippen LogP contribution >= 0.6 is 11.8 Å². The van der Waals surface area contributed by atoms with Gasteiger partial charge in [-0.05, 0) is 30.2 Å². The van der Waals surface area contributed by atoms with Gasteiger partial charge in [0.05, 0.1) is 0 Å². The maximum atomic E-state index is 10.6. The van der Waals surface area contributed by atoms with E-state index in [-0.39, 0.29) is 0 Å². The van der Waals surface area contributed by atoms with Gasteiger partial charge in [0.2, 0.25) is 0 Å². The van der Waals surface area contributed by atoms with Crippen molar-refractivity contribution in [3.63, 3.8) is 0 Å². The third kappa shape index (κ3) is 2.18. The van der Waals surface area contributed by atoms with E-state index in [9.17, 15) is 8.76 Å². The van der Waals surface area contributed by atoms with Crippen LogP contribution in [0.5, 0.6) is 0 Å². The van der Waals surface area contributed by atoms with Crippen molar-refractivity contribution < 1.29 is 8.76 Å². The number of thioether (sulfide) groups is 1. The molecular weight excluding hydrogens is 180 g/mol. The molecule has 0 N–H and O–H groups in total. The molecular formula is C7H9O2S2-. The largest absolute Gasteiger partial charge is 0.768 e. The minimum absolute atomic E-state index is 0.462. The van der Waals surface area contributed by atoms with E-state index in [1.807, 2.05) is 12.3 Å². The topological polar surface area (TPSA) is 40.1 Å². The van der Waals surface area contributed by atoms with Crippen LogP contribution in [0.3, 0.4) is 0 Å². The number of rotatable bonds is 2. The van der Waals surface area contributed by atoms with Gasteiger partial charge in [-0.3, -0.25) is 4.21 Å². The number of allylic oxidation sites excluding steroid dienone is 2. The van der Waals surface area contributed by atoms with E-state index in [1.165, 1.54) is 11.8 Å². The first-order valence-electron chi connectivity index (χ1n) is 3.29. The summed E-state index contributed by atoms with van der Waals surface area (Å²) in [5.74, 6) is 0. The van der Waals surface area contributed by atoms with Gasteiger partial charge in [0.1, 0.15) is 0 Å². The van der Waals surface area contributed by atoms with Crippen molar-refractivity contribution in [1.29, 1.82) is 0 Å². The van der Waals surface area contributed by atoms with Gasteiger partial charge in [0.25, 0.3) is 0 Å². The van der Waals surface area contributed by atoms with E-state index in [4.69, 9.17) is 0 Å². The average Bonchev–Trinajstić information content (AvgIpc) is 2.04. The fraction of sp³-hybridized carbons (Fsp3) is 0.429. The van der Waals surface area contributed by atoms with Crippen LogP contribution in [-0.4, -0.2) is 15.0 Å². The van der Waals surface area contributed by atoms with Crippen LogP contribution in [0.4, 0.5) is 0 Å². The Hall–Kier alpha value is -0.0600. The Labute approximate surface area is 73.0 Å². The minimum atomic E-state index is -2.06. The summed E-state index contributed by atoms with van der Waals surface area (Å²) < 4.78 is 21.2. The Morgan fingerprint density at radius 3 is 2.64 bits per heavy atom. The molecule has 0 spiro atoms. The third-order valence-electron chi connectivity index (χ3n) is 1.47. The molecule has 11 heavy (non-hydrogen) atoms. The molecule has 0 aromatic rings. The van der Waals surface area contributed by atoms with E-state index in [0.29, 0.717) is 4.91 Å². The molecule has 0 heterocycles. The first kappa shape index (κ1) is 9.03. The number of hydrogen-bond donors (Lipinski definition) is 0. The molecule has 1 rings (SSSR count). The second-order valence-electron chi connectivity index (χ2n) is 2.15. The van der Waals surface area contributed by atoms with E-state index < -0.39 is 11.1 Å². The Morgan fingerprint density at radius 1 is 1.55 bits per heavy atom. The smallest absolute Gasteiger partial charge is 0.0341 e. The molecule has 0 amide bonds. The van der Waals surface area contributed by atoms with Crippen LogP contribution in [0.15, 0.2) is 22.0 Å². The van der Waals surface area contributed by atoms with Crippen molar-refractivity contribution in [3.8, 4) is 0 Å². The summed E-state index contributed by atoms with van der Waals surface area (Å²) in [4.78, 5) is 1.34.